The SMILES string of the molecule is O=[N+]([O-])C1([N+](=O)[O-])NNN1. The monoisotopic (exact) mass is 149 g/mol. The minimum Gasteiger partial charge on any atom is -0.256 e. The molecule has 0 aliphatic carbocycles. The molecule has 9 nitrogen and oxygen atoms in total. The van der Waals surface area contributed by atoms with Gasteiger partial charge in [0, 0.05) is 0 Å². The maximum atomic E-state index is 9.94. The van der Waals surface area contributed by atoms with E-state index in [0.717, 1.165) is 0 Å². The van der Waals surface area contributed by atoms with E-state index in [4.69, 9.17) is 0 Å². The van der Waals surface area contributed by atoms with E-state index in [9.17, 15) is 20.2 Å². The van der Waals surface area contributed by atoms with Crippen LogP contribution in [0.1, 0.15) is 0 Å². The van der Waals surface area contributed by atoms with E-state index < -0.39 is 15.8 Å². The number of nitro groups is 2. The summed E-state index contributed by atoms with van der Waals surface area (Å²) in [4.78, 5) is 17.7. The Labute approximate surface area is 53.6 Å². The average molecular weight is 149 g/mol. The molecule has 0 radical (unpaired) electrons. The van der Waals surface area contributed by atoms with Crippen molar-refractivity contribution in [2.75, 3.05) is 0 Å². The van der Waals surface area contributed by atoms with Gasteiger partial charge in [0.15, 0.2) is 0 Å². The molecule has 0 spiro atoms. The van der Waals surface area contributed by atoms with Crippen LogP contribution in [0.25, 0.3) is 0 Å². The standard InChI is InChI=1S/CH3N5O4/c7-5(8)1(6(9)10)2-4-3-1/h2-4H. The van der Waals surface area contributed by atoms with E-state index in [1.54, 1.807) is 10.9 Å². The largest absolute Gasteiger partial charge is 0.616 e. The second kappa shape index (κ2) is 1.83. The third kappa shape index (κ3) is 0.618. The summed E-state index contributed by atoms with van der Waals surface area (Å²) in [5.41, 5.74) is 5.58. The van der Waals surface area contributed by atoms with Gasteiger partial charge in [0.1, 0.15) is 9.85 Å². The number of hydrogen-bond acceptors (Lipinski definition) is 7. The highest BCUT2D eigenvalue weighted by Crippen LogP contribution is 2.03. The predicted octanol–water partition coefficient (Wildman–Crippen LogP) is -2.24. The van der Waals surface area contributed by atoms with Crippen LogP contribution in [0, 0.1) is 20.2 Å². The van der Waals surface area contributed by atoms with E-state index >= 15 is 0 Å². The quantitative estimate of drug-likeness (QED) is 0.230. The van der Waals surface area contributed by atoms with Crippen molar-refractivity contribution in [3.05, 3.63) is 20.2 Å². The van der Waals surface area contributed by atoms with Gasteiger partial charge in [-0.25, -0.2) is 0 Å². The van der Waals surface area contributed by atoms with Gasteiger partial charge in [-0.05, 0) is 0 Å². The molecule has 1 aliphatic heterocycles. The maximum absolute atomic E-state index is 9.94. The van der Waals surface area contributed by atoms with E-state index in [1.165, 1.54) is 0 Å². The first-order chi connectivity index (χ1) is 4.59. The summed E-state index contributed by atoms with van der Waals surface area (Å²) in [6.45, 7) is 0. The molecule has 10 heavy (non-hydrogen) atoms. The molecular weight excluding hydrogens is 146 g/mol. The molecule has 1 rings (SSSR count). The van der Waals surface area contributed by atoms with Crippen LogP contribution in [-0.2, 0) is 0 Å². The van der Waals surface area contributed by atoms with Crippen LogP contribution in [0.2, 0.25) is 0 Å². The smallest absolute Gasteiger partial charge is 0.256 e. The lowest BCUT2D eigenvalue weighted by Crippen LogP contribution is -2.85. The molecule has 0 bridgehead atoms. The first kappa shape index (κ1) is 6.80. The number of rotatable bonds is 2. The van der Waals surface area contributed by atoms with Gasteiger partial charge in [-0.3, -0.25) is 20.2 Å². The van der Waals surface area contributed by atoms with Crippen molar-refractivity contribution in [3.8, 4) is 0 Å². The van der Waals surface area contributed by atoms with Crippen LogP contribution >= 0.6 is 0 Å². The van der Waals surface area contributed by atoms with Gasteiger partial charge in [0.05, 0.1) is 0 Å². The molecule has 1 fully saturated rings. The summed E-state index contributed by atoms with van der Waals surface area (Å²) in [5, 5.41) is 19.9. The Morgan fingerprint density at radius 3 is 1.50 bits per heavy atom. The van der Waals surface area contributed by atoms with Crippen LogP contribution in [0.3, 0.4) is 0 Å². The molecule has 0 atom stereocenters. The van der Waals surface area contributed by atoms with Gasteiger partial charge in [-0.1, -0.05) is 10.9 Å². The molecule has 1 saturated heterocycles. The van der Waals surface area contributed by atoms with Crippen LogP contribution in [0.4, 0.5) is 0 Å². The summed E-state index contributed by atoms with van der Waals surface area (Å²) in [7, 11) is 0. The van der Waals surface area contributed by atoms with E-state index in [2.05, 4.69) is 0 Å². The number of nitrogens with one attached hydrogen (secondary N) is 3. The Balaban J connectivity index is 2.78. The fourth-order valence-corrected chi connectivity index (χ4v) is 0.424. The first-order valence-electron chi connectivity index (χ1n) is 2.18. The molecule has 3 N–H and O–H groups in total. The van der Waals surface area contributed by atoms with E-state index in [1.807, 2.05) is 5.53 Å². The lowest BCUT2D eigenvalue weighted by atomic mass is 10.6. The summed E-state index contributed by atoms with van der Waals surface area (Å²) in [5.74, 6) is -2.44. The van der Waals surface area contributed by atoms with E-state index in [-0.39, 0.29) is 0 Å². The molecule has 1 heterocycles. The van der Waals surface area contributed by atoms with E-state index in [0.29, 0.717) is 0 Å². The average Bonchev–Trinajstić information content (AvgIpc) is 1.57. The number of nitrogens with zero attached hydrogens (tertiary/aromatic N) is 2. The summed E-state index contributed by atoms with van der Waals surface area (Å²) >= 11 is 0. The lowest BCUT2D eigenvalue weighted by Gasteiger charge is -2.25. The minimum atomic E-state index is -2.44. The maximum Gasteiger partial charge on any atom is 0.616 e. The second-order valence-corrected chi connectivity index (χ2v) is 1.56. The molecule has 0 amide bonds. The van der Waals surface area contributed by atoms with Gasteiger partial charge in [0.2, 0.25) is 0 Å². The van der Waals surface area contributed by atoms with Crippen molar-refractivity contribution in [2.45, 2.75) is 5.91 Å². The Hall–Kier alpha value is -1.32. The highest BCUT2D eigenvalue weighted by molar-refractivity contribution is 4.61. The molecule has 56 valence electrons. The van der Waals surface area contributed by atoms with Gasteiger partial charge in [-0.2, -0.15) is 5.53 Å². The Kier molecular flexibility index (Phi) is 1.24. The Morgan fingerprint density at radius 2 is 1.50 bits per heavy atom. The van der Waals surface area contributed by atoms with Crippen molar-refractivity contribution in [2.24, 2.45) is 0 Å². The summed E-state index contributed by atoms with van der Waals surface area (Å²) in [6.07, 6.45) is 0. The molecule has 1 aliphatic rings. The fourth-order valence-electron chi connectivity index (χ4n) is 0.424. The molecular formula is CH3N5O4. The zero-order valence-electron chi connectivity index (χ0n) is 4.53. The zero-order valence-corrected chi connectivity index (χ0v) is 4.53. The molecule has 0 unspecified atom stereocenters. The number of hydrazine groups is 2. The minimum absolute atomic E-state index is 1.08. The third-order valence-electron chi connectivity index (χ3n) is 1.00. The second-order valence-electron chi connectivity index (χ2n) is 1.56. The first-order valence-corrected chi connectivity index (χ1v) is 2.18. The highest BCUT2D eigenvalue weighted by atomic mass is 16.7. The zero-order chi connectivity index (χ0) is 7.78. The van der Waals surface area contributed by atoms with Crippen molar-refractivity contribution < 1.29 is 9.85 Å². The third-order valence-corrected chi connectivity index (χ3v) is 1.00. The lowest BCUT2D eigenvalue weighted by molar-refractivity contribution is -0.833. The number of hydrogen-bond donors (Lipinski definition) is 3. The topological polar surface area (TPSA) is 122 Å². The fraction of sp³-hybridized carbons (Fsp3) is 1.00. The summed E-state index contributed by atoms with van der Waals surface area (Å²) < 4.78 is 0. The van der Waals surface area contributed by atoms with Crippen LogP contribution in [-0.4, -0.2) is 15.8 Å². The van der Waals surface area contributed by atoms with Crippen molar-refractivity contribution in [1.82, 2.24) is 16.4 Å². The molecule has 0 saturated carbocycles. The Bertz CT molecular complexity index is 168. The van der Waals surface area contributed by atoms with Crippen molar-refractivity contribution in [1.29, 1.82) is 0 Å². The van der Waals surface area contributed by atoms with Gasteiger partial charge < -0.3 is 0 Å². The van der Waals surface area contributed by atoms with Gasteiger partial charge in [-0.15, -0.1) is 0 Å². The van der Waals surface area contributed by atoms with Gasteiger partial charge in [0.25, 0.3) is 0 Å². The van der Waals surface area contributed by atoms with Crippen LogP contribution < -0.4 is 16.4 Å². The van der Waals surface area contributed by atoms with Gasteiger partial charge >= 0.3 is 5.91 Å². The van der Waals surface area contributed by atoms with Crippen molar-refractivity contribution >= 4 is 0 Å². The molecule has 0 aromatic rings. The normalized spacial score (nSPS) is 21.2. The predicted molar refractivity (Wildman–Crippen MR) is 26.1 cm³/mol. The summed E-state index contributed by atoms with van der Waals surface area (Å²) in [6, 6.07) is 0. The molecule has 0 aromatic carbocycles. The van der Waals surface area contributed by atoms with Crippen LogP contribution in [0.5, 0.6) is 0 Å². The molecule has 9 heteroatoms. The Morgan fingerprint density at radius 1 is 1.10 bits per heavy atom. The van der Waals surface area contributed by atoms with Crippen molar-refractivity contribution in [3.63, 3.8) is 0 Å². The highest BCUT2D eigenvalue weighted by Gasteiger charge is 2.63. The molecule has 0 aromatic heterocycles. The van der Waals surface area contributed by atoms with Crippen LogP contribution in [0.15, 0.2) is 0 Å².